The fourth-order valence-electron chi connectivity index (χ4n) is 1.82. The minimum atomic E-state index is -0.119. The van der Waals surface area contributed by atoms with Crippen molar-refractivity contribution in [1.29, 1.82) is 0 Å². The lowest BCUT2D eigenvalue weighted by atomic mass is 10.0. The number of allylic oxidation sites excluding steroid dienone is 1. The summed E-state index contributed by atoms with van der Waals surface area (Å²) < 4.78 is 13.4. The van der Waals surface area contributed by atoms with Crippen molar-refractivity contribution in [3.05, 3.63) is 41.2 Å². The van der Waals surface area contributed by atoms with Crippen LogP contribution in [-0.4, -0.2) is 12.6 Å². The molecule has 92 valence electrons. The third-order valence-electron chi connectivity index (χ3n) is 3.23. The Kier molecular flexibility index (Phi) is 3.95. The van der Waals surface area contributed by atoms with Gasteiger partial charge in [-0.2, -0.15) is 0 Å². The predicted octanol–water partition coefficient (Wildman–Crippen LogP) is 3.68. The minimum absolute atomic E-state index is 0.119. The van der Waals surface area contributed by atoms with Gasteiger partial charge in [-0.3, -0.25) is 0 Å². The molecule has 2 heteroatoms. The molecule has 0 heterocycles. The molecule has 1 aromatic rings. The van der Waals surface area contributed by atoms with Crippen LogP contribution in [0.1, 0.15) is 37.3 Å². The fraction of sp³-hybridized carbons (Fsp3) is 0.467. The van der Waals surface area contributed by atoms with Gasteiger partial charge in [0.25, 0.3) is 0 Å². The van der Waals surface area contributed by atoms with Gasteiger partial charge in [0.15, 0.2) is 0 Å². The van der Waals surface area contributed by atoms with E-state index in [0.717, 1.165) is 30.1 Å². The standard InChI is InChI=1S/C15H20FN/c1-11(4-3-9-17-14-7-8-14)13-6-5-12(2)15(16)10-13/h4-6,10,14,17H,3,7-9H2,1-2H3/b11-4-. The first-order valence-corrected chi connectivity index (χ1v) is 6.33. The second-order valence-electron chi connectivity index (χ2n) is 4.87. The molecular formula is C15H20FN. The summed E-state index contributed by atoms with van der Waals surface area (Å²) >= 11 is 0. The first kappa shape index (κ1) is 12.3. The molecule has 1 aliphatic carbocycles. The topological polar surface area (TPSA) is 12.0 Å². The van der Waals surface area contributed by atoms with Crippen molar-refractivity contribution >= 4 is 5.57 Å². The molecule has 1 N–H and O–H groups in total. The van der Waals surface area contributed by atoms with Crippen molar-refractivity contribution in [2.24, 2.45) is 0 Å². The lowest BCUT2D eigenvalue weighted by Crippen LogP contribution is -2.16. The maximum Gasteiger partial charge on any atom is 0.126 e. The number of nitrogens with one attached hydrogen (secondary N) is 1. The van der Waals surface area contributed by atoms with Crippen LogP contribution in [0, 0.1) is 12.7 Å². The summed E-state index contributed by atoms with van der Waals surface area (Å²) in [6.45, 7) is 4.86. The molecule has 1 aromatic carbocycles. The van der Waals surface area contributed by atoms with E-state index in [-0.39, 0.29) is 5.82 Å². The Morgan fingerprint density at radius 3 is 2.88 bits per heavy atom. The van der Waals surface area contributed by atoms with E-state index in [4.69, 9.17) is 0 Å². The molecule has 2 rings (SSSR count). The summed E-state index contributed by atoms with van der Waals surface area (Å²) in [5, 5.41) is 3.47. The van der Waals surface area contributed by atoms with Crippen LogP contribution in [0.25, 0.3) is 5.57 Å². The molecule has 0 unspecified atom stereocenters. The number of benzene rings is 1. The molecule has 17 heavy (non-hydrogen) atoms. The molecule has 0 atom stereocenters. The number of hydrogen-bond acceptors (Lipinski definition) is 1. The Morgan fingerprint density at radius 2 is 2.24 bits per heavy atom. The predicted molar refractivity (Wildman–Crippen MR) is 70.4 cm³/mol. The second kappa shape index (κ2) is 5.46. The van der Waals surface area contributed by atoms with Gasteiger partial charge in [0.05, 0.1) is 0 Å². The van der Waals surface area contributed by atoms with Gasteiger partial charge in [-0.25, -0.2) is 4.39 Å². The average Bonchev–Trinajstić information content (AvgIpc) is 3.12. The van der Waals surface area contributed by atoms with Crippen molar-refractivity contribution in [3.63, 3.8) is 0 Å². The SMILES string of the molecule is C/C(=C/CCNC1CC1)c1ccc(C)c(F)c1. The highest BCUT2D eigenvalue weighted by atomic mass is 19.1. The highest BCUT2D eigenvalue weighted by molar-refractivity contribution is 5.63. The molecule has 0 spiro atoms. The van der Waals surface area contributed by atoms with E-state index >= 15 is 0 Å². The zero-order valence-corrected chi connectivity index (χ0v) is 10.6. The van der Waals surface area contributed by atoms with Crippen LogP contribution in [0.4, 0.5) is 4.39 Å². The van der Waals surface area contributed by atoms with Crippen LogP contribution >= 0.6 is 0 Å². The first-order valence-electron chi connectivity index (χ1n) is 6.33. The third-order valence-corrected chi connectivity index (χ3v) is 3.23. The normalized spacial score (nSPS) is 16.3. The summed E-state index contributed by atoms with van der Waals surface area (Å²) in [6, 6.07) is 6.21. The average molecular weight is 233 g/mol. The van der Waals surface area contributed by atoms with Gasteiger partial charge in [-0.1, -0.05) is 18.2 Å². The zero-order valence-electron chi connectivity index (χ0n) is 10.6. The Balaban J connectivity index is 1.89. The molecule has 0 aromatic heterocycles. The second-order valence-corrected chi connectivity index (χ2v) is 4.87. The van der Waals surface area contributed by atoms with Crippen LogP contribution < -0.4 is 5.32 Å². The summed E-state index contributed by atoms with van der Waals surface area (Å²) in [6.07, 6.45) is 5.84. The van der Waals surface area contributed by atoms with Crippen molar-refractivity contribution in [3.8, 4) is 0 Å². The van der Waals surface area contributed by atoms with Gasteiger partial charge >= 0.3 is 0 Å². The number of aryl methyl sites for hydroxylation is 1. The summed E-state index contributed by atoms with van der Waals surface area (Å²) in [5.41, 5.74) is 2.85. The van der Waals surface area contributed by atoms with Crippen LogP contribution in [-0.2, 0) is 0 Å². The van der Waals surface area contributed by atoms with Crippen molar-refractivity contribution in [1.82, 2.24) is 5.32 Å². The molecular weight excluding hydrogens is 213 g/mol. The van der Waals surface area contributed by atoms with Crippen molar-refractivity contribution in [2.75, 3.05) is 6.54 Å². The van der Waals surface area contributed by atoms with E-state index in [9.17, 15) is 4.39 Å². The number of halogens is 1. The van der Waals surface area contributed by atoms with Gasteiger partial charge in [-0.05, 0) is 62.4 Å². The van der Waals surface area contributed by atoms with E-state index in [1.54, 1.807) is 13.0 Å². The highest BCUT2D eigenvalue weighted by Gasteiger charge is 2.19. The zero-order chi connectivity index (χ0) is 12.3. The number of rotatable bonds is 5. The Hall–Kier alpha value is -1.15. The van der Waals surface area contributed by atoms with Crippen LogP contribution in [0.5, 0.6) is 0 Å². The summed E-state index contributed by atoms with van der Waals surface area (Å²) in [7, 11) is 0. The van der Waals surface area contributed by atoms with E-state index in [2.05, 4.69) is 11.4 Å². The number of hydrogen-bond donors (Lipinski definition) is 1. The van der Waals surface area contributed by atoms with Gasteiger partial charge in [0.1, 0.15) is 5.82 Å². The van der Waals surface area contributed by atoms with Crippen molar-refractivity contribution < 1.29 is 4.39 Å². The lowest BCUT2D eigenvalue weighted by Gasteiger charge is -2.04. The van der Waals surface area contributed by atoms with E-state index < -0.39 is 0 Å². The molecule has 1 nitrogen and oxygen atoms in total. The van der Waals surface area contributed by atoms with Crippen LogP contribution in [0.2, 0.25) is 0 Å². The third kappa shape index (κ3) is 3.67. The van der Waals surface area contributed by atoms with Crippen LogP contribution in [0.15, 0.2) is 24.3 Å². The smallest absolute Gasteiger partial charge is 0.126 e. The van der Waals surface area contributed by atoms with Gasteiger partial charge < -0.3 is 5.32 Å². The molecule has 1 fully saturated rings. The monoisotopic (exact) mass is 233 g/mol. The van der Waals surface area contributed by atoms with E-state index in [1.165, 1.54) is 12.8 Å². The summed E-state index contributed by atoms with van der Waals surface area (Å²) in [5.74, 6) is -0.119. The minimum Gasteiger partial charge on any atom is -0.314 e. The Labute approximate surface area is 103 Å². The summed E-state index contributed by atoms with van der Waals surface area (Å²) in [4.78, 5) is 0. The van der Waals surface area contributed by atoms with Crippen molar-refractivity contribution in [2.45, 2.75) is 39.2 Å². The molecule has 1 aliphatic rings. The quantitative estimate of drug-likeness (QED) is 0.765. The maximum absolute atomic E-state index is 13.4. The Morgan fingerprint density at radius 1 is 1.47 bits per heavy atom. The van der Waals surface area contributed by atoms with Gasteiger partial charge in [0, 0.05) is 6.04 Å². The maximum atomic E-state index is 13.4. The molecule has 0 radical (unpaired) electrons. The van der Waals surface area contributed by atoms with Gasteiger partial charge in [-0.15, -0.1) is 0 Å². The van der Waals surface area contributed by atoms with Gasteiger partial charge in [0.2, 0.25) is 0 Å². The molecule has 0 saturated heterocycles. The fourth-order valence-corrected chi connectivity index (χ4v) is 1.82. The van der Waals surface area contributed by atoms with Crippen LogP contribution in [0.3, 0.4) is 0 Å². The first-order chi connectivity index (χ1) is 8.16. The molecule has 1 saturated carbocycles. The molecule has 0 aliphatic heterocycles. The highest BCUT2D eigenvalue weighted by Crippen LogP contribution is 2.19. The van der Waals surface area contributed by atoms with E-state index in [1.807, 2.05) is 19.1 Å². The molecule has 0 bridgehead atoms. The largest absolute Gasteiger partial charge is 0.314 e. The Bertz CT molecular complexity index is 419. The lowest BCUT2D eigenvalue weighted by molar-refractivity contribution is 0.618. The molecule has 0 amide bonds. The van der Waals surface area contributed by atoms with E-state index in [0.29, 0.717) is 5.56 Å².